The SMILES string of the molecule is CCOCCCNC(=S)Nc1ccc(OC)cc1C. The van der Waals surface area contributed by atoms with Crippen LogP contribution in [0.25, 0.3) is 0 Å². The molecule has 1 aromatic carbocycles. The van der Waals surface area contributed by atoms with Gasteiger partial charge in [0.15, 0.2) is 5.11 Å². The molecule has 0 unspecified atom stereocenters. The smallest absolute Gasteiger partial charge is 0.170 e. The lowest BCUT2D eigenvalue weighted by Gasteiger charge is -2.13. The van der Waals surface area contributed by atoms with E-state index in [0.29, 0.717) is 5.11 Å². The Hall–Kier alpha value is -1.33. The minimum Gasteiger partial charge on any atom is -0.497 e. The Morgan fingerprint density at radius 1 is 1.37 bits per heavy atom. The number of thiocarbonyl (C=S) groups is 1. The van der Waals surface area contributed by atoms with Crippen molar-refractivity contribution >= 4 is 23.0 Å². The van der Waals surface area contributed by atoms with Crippen LogP contribution in [-0.2, 0) is 4.74 Å². The van der Waals surface area contributed by atoms with Crippen LogP contribution in [-0.4, -0.2) is 32.0 Å². The maximum absolute atomic E-state index is 5.26. The highest BCUT2D eigenvalue weighted by Gasteiger charge is 2.02. The van der Waals surface area contributed by atoms with Crippen LogP contribution in [0, 0.1) is 6.92 Å². The number of ether oxygens (including phenoxy) is 2. The third-order valence-corrected chi connectivity index (χ3v) is 2.88. The first-order chi connectivity index (χ1) is 9.17. The molecule has 1 rings (SSSR count). The van der Waals surface area contributed by atoms with Crippen molar-refractivity contribution < 1.29 is 9.47 Å². The lowest BCUT2D eigenvalue weighted by Crippen LogP contribution is -2.30. The molecule has 0 heterocycles. The van der Waals surface area contributed by atoms with Crippen LogP contribution in [0.2, 0.25) is 0 Å². The van der Waals surface area contributed by atoms with Gasteiger partial charge in [0.2, 0.25) is 0 Å². The molecule has 0 saturated heterocycles. The number of aryl methyl sites for hydroxylation is 1. The van der Waals surface area contributed by atoms with Crippen molar-refractivity contribution in [2.75, 3.05) is 32.2 Å². The molecule has 0 spiro atoms. The third-order valence-electron chi connectivity index (χ3n) is 2.64. The minimum atomic E-state index is 0.629. The molecule has 0 aliphatic rings. The van der Waals surface area contributed by atoms with E-state index in [1.165, 1.54) is 0 Å². The summed E-state index contributed by atoms with van der Waals surface area (Å²) in [6.45, 7) is 6.33. The van der Waals surface area contributed by atoms with Gasteiger partial charge in [-0.2, -0.15) is 0 Å². The highest BCUT2D eigenvalue weighted by molar-refractivity contribution is 7.80. The topological polar surface area (TPSA) is 42.5 Å². The summed E-state index contributed by atoms with van der Waals surface area (Å²) in [6, 6.07) is 5.84. The van der Waals surface area contributed by atoms with Gasteiger partial charge in [-0.05, 0) is 56.2 Å². The van der Waals surface area contributed by atoms with Crippen molar-refractivity contribution in [3.05, 3.63) is 23.8 Å². The van der Waals surface area contributed by atoms with Crippen molar-refractivity contribution in [3.63, 3.8) is 0 Å². The molecule has 2 N–H and O–H groups in total. The highest BCUT2D eigenvalue weighted by Crippen LogP contribution is 2.20. The van der Waals surface area contributed by atoms with Gasteiger partial charge in [0, 0.05) is 25.4 Å². The second-order valence-corrected chi connectivity index (χ2v) is 4.52. The lowest BCUT2D eigenvalue weighted by molar-refractivity contribution is 0.146. The molecule has 0 bridgehead atoms. The second-order valence-electron chi connectivity index (χ2n) is 4.11. The molecule has 0 aliphatic carbocycles. The number of benzene rings is 1. The number of hydrogen-bond donors (Lipinski definition) is 2. The molecule has 19 heavy (non-hydrogen) atoms. The maximum Gasteiger partial charge on any atom is 0.170 e. The van der Waals surface area contributed by atoms with Crippen LogP contribution in [0.4, 0.5) is 5.69 Å². The van der Waals surface area contributed by atoms with E-state index in [0.717, 1.165) is 43.2 Å². The summed E-state index contributed by atoms with van der Waals surface area (Å²) in [7, 11) is 1.66. The molecule has 5 heteroatoms. The number of rotatable bonds is 7. The predicted octanol–water partition coefficient (Wildman–Crippen LogP) is 2.72. The molecule has 0 radical (unpaired) electrons. The predicted molar refractivity (Wildman–Crippen MR) is 83.1 cm³/mol. The van der Waals surface area contributed by atoms with Gasteiger partial charge >= 0.3 is 0 Å². The van der Waals surface area contributed by atoms with Gasteiger partial charge in [-0.3, -0.25) is 0 Å². The highest BCUT2D eigenvalue weighted by atomic mass is 32.1. The van der Waals surface area contributed by atoms with Gasteiger partial charge in [-0.15, -0.1) is 0 Å². The molecular weight excluding hydrogens is 260 g/mol. The van der Waals surface area contributed by atoms with Crippen LogP contribution in [0.3, 0.4) is 0 Å². The van der Waals surface area contributed by atoms with Gasteiger partial charge in [0.1, 0.15) is 5.75 Å². The van der Waals surface area contributed by atoms with Crippen LogP contribution in [0.15, 0.2) is 18.2 Å². The van der Waals surface area contributed by atoms with E-state index in [-0.39, 0.29) is 0 Å². The molecular formula is C14H22N2O2S. The second kappa shape index (κ2) is 8.72. The van der Waals surface area contributed by atoms with E-state index >= 15 is 0 Å². The fourth-order valence-corrected chi connectivity index (χ4v) is 1.80. The first-order valence-corrected chi connectivity index (χ1v) is 6.85. The quantitative estimate of drug-likeness (QED) is 0.594. The average molecular weight is 282 g/mol. The Morgan fingerprint density at radius 2 is 2.16 bits per heavy atom. The van der Waals surface area contributed by atoms with Crippen molar-refractivity contribution in [1.82, 2.24) is 5.32 Å². The monoisotopic (exact) mass is 282 g/mol. The lowest BCUT2D eigenvalue weighted by atomic mass is 10.2. The van der Waals surface area contributed by atoms with E-state index in [4.69, 9.17) is 21.7 Å². The largest absolute Gasteiger partial charge is 0.497 e. The van der Waals surface area contributed by atoms with Crippen molar-refractivity contribution in [1.29, 1.82) is 0 Å². The Bertz CT molecular complexity index is 410. The van der Waals surface area contributed by atoms with Crippen molar-refractivity contribution in [3.8, 4) is 5.75 Å². The maximum atomic E-state index is 5.26. The van der Waals surface area contributed by atoms with Gasteiger partial charge in [0.05, 0.1) is 7.11 Å². The normalized spacial score (nSPS) is 10.1. The molecule has 1 aromatic rings. The molecule has 0 atom stereocenters. The molecule has 0 amide bonds. The standard InChI is InChI=1S/C14H22N2O2S/c1-4-18-9-5-8-15-14(19)16-13-7-6-12(17-3)10-11(13)2/h6-7,10H,4-5,8-9H2,1-3H3,(H2,15,16,19). The van der Waals surface area contributed by atoms with Gasteiger partial charge < -0.3 is 20.1 Å². The van der Waals surface area contributed by atoms with Gasteiger partial charge in [-0.25, -0.2) is 0 Å². The summed E-state index contributed by atoms with van der Waals surface area (Å²) in [5.41, 5.74) is 2.08. The number of methoxy groups -OCH3 is 1. The molecule has 0 aliphatic heterocycles. The zero-order valence-corrected chi connectivity index (χ0v) is 12.6. The summed E-state index contributed by atoms with van der Waals surface area (Å²) >= 11 is 5.24. The first kappa shape index (κ1) is 15.7. The third kappa shape index (κ3) is 5.89. The van der Waals surface area contributed by atoms with Crippen LogP contribution in [0.1, 0.15) is 18.9 Å². The Morgan fingerprint density at radius 3 is 2.79 bits per heavy atom. The summed E-state index contributed by atoms with van der Waals surface area (Å²) < 4.78 is 10.4. The Balaban J connectivity index is 2.36. The van der Waals surface area contributed by atoms with Crippen LogP contribution in [0.5, 0.6) is 5.75 Å². The van der Waals surface area contributed by atoms with E-state index in [1.54, 1.807) is 7.11 Å². The number of anilines is 1. The fraction of sp³-hybridized carbons (Fsp3) is 0.500. The molecule has 4 nitrogen and oxygen atoms in total. The van der Waals surface area contributed by atoms with E-state index in [9.17, 15) is 0 Å². The van der Waals surface area contributed by atoms with E-state index in [2.05, 4.69) is 10.6 Å². The fourth-order valence-electron chi connectivity index (χ4n) is 1.59. The van der Waals surface area contributed by atoms with Crippen LogP contribution >= 0.6 is 12.2 Å². The summed E-state index contributed by atoms with van der Waals surface area (Å²) in [4.78, 5) is 0. The molecule has 106 valence electrons. The zero-order chi connectivity index (χ0) is 14.1. The average Bonchev–Trinajstić information content (AvgIpc) is 2.41. The van der Waals surface area contributed by atoms with E-state index < -0.39 is 0 Å². The summed E-state index contributed by atoms with van der Waals surface area (Å²) in [5.74, 6) is 0.846. The Kier molecular flexibility index (Phi) is 7.22. The molecule has 0 saturated carbocycles. The Labute approximate surface area is 120 Å². The van der Waals surface area contributed by atoms with Crippen molar-refractivity contribution in [2.24, 2.45) is 0 Å². The molecule has 0 fully saturated rings. The zero-order valence-electron chi connectivity index (χ0n) is 11.8. The van der Waals surface area contributed by atoms with Crippen molar-refractivity contribution in [2.45, 2.75) is 20.3 Å². The molecule has 0 aromatic heterocycles. The first-order valence-electron chi connectivity index (χ1n) is 6.44. The van der Waals surface area contributed by atoms with Crippen LogP contribution < -0.4 is 15.4 Å². The summed E-state index contributed by atoms with van der Waals surface area (Å²) in [5, 5.41) is 6.96. The van der Waals surface area contributed by atoms with Gasteiger partial charge in [0.25, 0.3) is 0 Å². The number of nitrogens with one attached hydrogen (secondary N) is 2. The van der Waals surface area contributed by atoms with Gasteiger partial charge in [-0.1, -0.05) is 0 Å². The van der Waals surface area contributed by atoms with E-state index in [1.807, 2.05) is 32.0 Å². The minimum absolute atomic E-state index is 0.629. The summed E-state index contributed by atoms with van der Waals surface area (Å²) in [6.07, 6.45) is 0.942. The number of hydrogen-bond acceptors (Lipinski definition) is 3.